The van der Waals surface area contributed by atoms with Crippen LogP contribution in [0.5, 0.6) is 11.5 Å². The van der Waals surface area contributed by atoms with Gasteiger partial charge < -0.3 is 19.2 Å². The second-order valence-corrected chi connectivity index (χ2v) is 5.47. The van der Waals surface area contributed by atoms with E-state index in [1.54, 1.807) is 18.5 Å². The van der Waals surface area contributed by atoms with Gasteiger partial charge in [-0.3, -0.25) is 5.43 Å². The number of nitrogens with zero attached hydrogens (tertiary/aromatic N) is 1. The zero-order chi connectivity index (χ0) is 16.1. The first-order valence-electron chi connectivity index (χ1n) is 6.91. The lowest BCUT2D eigenvalue weighted by molar-refractivity contribution is 0.171. The van der Waals surface area contributed by atoms with Crippen LogP contribution in [0.2, 0.25) is 5.02 Å². The van der Waals surface area contributed by atoms with Crippen molar-refractivity contribution in [2.45, 2.75) is 6.54 Å². The van der Waals surface area contributed by atoms with Gasteiger partial charge in [0.15, 0.2) is 16.6 Å². The topological polar surface area (TPSA) is 68.0 Å². The van der Waals surface area contributed by atoms with Gasteiger partial charge in [-0.25, -0.2) is 0 Å². The number of nitrogens with one attached hydrogen (secondary N) is 2. The molecule has 120 valence electrons. The molecule has 1 aliphatic rings. The van der Waals surface area contributed by atoms with E-state index in [0.717, 1.165) is 11.3 Å². The van der Waals surface area contributed by atoms with Crippen molar-refractivity contribution < 1.29 is 13.9 Å². The van der Waals surface area contributed by atoms with Crippen LogP contribution in [-0.2, 0) is 6.54 Å². The summed E-state index contributed by atoms with van der Waals surface area (Å²) in [5, 5.41) is 7.92. The van der Waals surface area contributed by atoms with Crippen molar-refractivity contribution in [1.82, 2.24) is 10.7 Å². The van der Waals surface area contributed by atoms with Crippen LogP contribution in [-0.4, -0.2) is 24.5 Å². The van der Waals surface area contributed by atoms with Crippen LogP contribution >= 0.6 is 23.8 Å². The number of rotatable bonds is 4. The number of hydrazone groups is 1. The van der Waals surface area contributed by atoms with E-state index in [4.69, 9.17) is 37.7 Å². The molecule has 2 aromatic rings. The number of fused-ring (bicyclic) bond motifs is 1. The molecular formula is C15H14ClN3O3S. The Hall–Kier alpha value is -2.25. The lowest BCUT2D eigenvalue weighted by Crippen LogP contribution is -2.31. The maximum Gasteiger partial charge on any atom is 0.187 e. The van der Waals surface area contributed by atoms with Crippen LogP contribution in [0.1, 0.15) is 11.3 Å². The Kier molecular flexibility index (Phi) is 4.99. The summed E-state index contributed by atoms with van der Waals surface area (Å²) >= 11 is 11.3. The van der Waals surface area contributed by atoms with Crippen molar-refractivity contribution in [2.75, 3.05) is 13.2 Å². The molecule has 1 aliphatic heterocycles. The van der Waals surface area contributed by atoms with E-state index < -0.39 is 0 Å². The predicted octanol–water partition coefficient (Wildman–Crippen LogP) is 2.70. The number of benzene rings is 1. The summed E-state index contributed by atoms with van der Waals surface area (Å²) < 4.78 is 16.2. The normalized spacial score (nSPS) is 13.1. The minimum atomic E-state index is 0.390. The average molecular weight is 352 g/mol. The number of ether oxygens (including phenoxy) is 2. The summed E-state index contributed by atoms with van der Waals surface area (Å²) in [6.45, 7) is 1.49. The molecule has 1 aromatic carbocycles. The zero-order valence-corrected chi connectivity index (χ0v) is 13.6. The van der Waals surface area contributed by atoms with E-state index >= 15 is 0 Å². The molecule has 3 rings (SSSR count). The van der Waals surface area contributed by atoms with Crippen LogP contribution < -0.4 is 20.2 Å². The van der Waals surface area contributed by atoms with E-state index in [0.29, 0.717) is 41.4 Å². The molecular weight excluding hydrogens is 338 g/mol. The Morgan fingerprint density at radius 1 is 1.35 bits per heavy atom. The lowest BCUT2D eigenvalue weighted by Gasteiger charge is -2.19. The maximum atomic E-state index is 6.16. The molecule has 6 nitrogen and oxygen atoms in total. The van der Waals surface area contributed by atoms with Crippen LogP contribution in [0, 0.1) is 0 Å². The van der Waals surface area contributed by atoms with Crippen molar-refractivity contribution in [1.29, 1.82) is 0 Å². The average Bonchev–Trinajstić information content (AvgIpc) is 3.06. The fourth-order valence-corrected chi connectivity index (χ4v) is 2.39. The number of thiocarbonyl (C=S) groups is 1. The SMILES string of the molecule is S=C(NCc1ccco1)N/N=C\c1cc(Cl)c2c(c1)OCCO2. The summed E-state index contributed by atoms with van der Waals surface area (Å²) in [6, 6.07) is 7.23. The summed E-state index contributed by atoms with van der Waals surface area (Å²) in [5.41, 5.74) is 3.50. The minimum Gasteiger partial charge on any atom is -0.486 e. The highest BCUT2D eigenvalue weighted by Crippen LogP contribution is 2.37. The fourth-order valence-electron chi connectivity index (χ4n) is 1.99. The van der Waals surface area contributed by atoms with Gasteiger partial charge in [-0.2, -0.15) is 5.10 Å². The van der Waals surface area contributed by atoms with E-state index in [-0.39, 0.29) is 0 Å². The second-order valence-electron chi connectivity index (χ2n) is 4.66. The van der Waals surface area contributed by atoms with Crippen molar-refractivity contribution in [3.8, 4) is 11.5 Å². The maximum absolute atomic E-state index is 6.16. The highest BCUT2D eigenvalue weighted by atomic mass is 35.5. The lowest BCUT2D eigenvalue weighted by atomic mass is 10.2. The molecule has 8 heteroatoms. The van der Waals surface area contributed by atoms with Gasteiger partial charge in [0.1, 0.15) is 19.0 Å². The molecule has 0 saturated heterocycles. The van der Waals surface area contributed by atoms with E-state index in [1.807, 2.05) is 18.2 Å². The van der Waals surface area contributed by atoms with E-state index in [1.165, 1.54) is 0 Å². The van der Waals surface area contributed by atoms with Crippen molar-refractivity contribution in [2.24, 2.45) is 5.10 Å². The third-order valence-corrected chi connectivity index (χ3v) is 3.52. The molecule has 0 radical (unpaired) electrons. The first kappa shape index (κ1) is 15.6. The molecule has 23 heavy (non-hydrogen) atoms. The van der Waals surface area contributed by atoms with Gasteiger partial charge in [0.2, 0.25) is 0 Å². The zero-order valence-electron chi connectivity index (χ0n) is 12.0. The van der Waals surface area contributed by atoms with Crippen LogP contribution in [0.25, 0.3) is 0 Å². The molecule has 0 unspecified atom stereocenters. The van der Waals surface area contributed by atoms with Crippen LogP contribution in [0.3, 0.4) is 0 Å². The molecule has 0 bridgehead atoms. The molecule has 0 saturated carbocycles. The molecule has 0 fully saturated rings. The fraction of sp³-hybridized carbons (Fsp3) is 0.200. The number of hydrogen-bond acceptors (Lipinski definition) is 5. The monoisotopic (exact) mass is 351 g/mol. The summed E-state index contributed by atoms with van der Waals surface area (Å²) in [4.78, 5) is 0. The second kappa shape index (κ2) is 7.34. The Balaban J connectivity index is 1.55. The molecule has 1 aromatic heterocycles. The van der Waals surface area contributed by atoms with Crippen molar-refractivity contribution in [3.63, 3.8) is 0 Å². The van der Waals surface area contributed by atoms with Gasteiger partial charge in [0.05, 0.1) is 24.0 Å². The number of halogens is 1. The van der Waals surface area contributed by atoms with Crippen LogP contribution in [0.4, 0.5) is 0 Å². The summed E-state index contributed by atoms with van der Waals surface area (Å²) in [5.74, 6) is 1.97. The van der Waals surface area contributed by atoms with Crippen molar-refractivity contribution >= 4 is 35.1 Å². The smallest absolute Gasteiger partial charge is 0.187 e. The Morgan fingerprint density at radius 3 is 3.04 bits per heavy atom. The van der Waals surface area contributed by atoms with Gasteiger partial charge in [-0.05, 0) is 42.0 Å². The van der Waals surface area contributed by atoms with Gasteiger partial charge in [-0.1, -0.05) is 11.6 Å². The standard InChI is InChI=1S/C15H14ClN3O3S/c16-12-6-10(7-13-14(12)22-5-4-21-13)8-18-19-15(23)17-9-11-2-1-3-20-11/h1-3,6-8H,4-5,9H2,(H2,17,19,23)/b18-8-. The first-order valence-corrected chi connectivity index (χ1v) is 7.69. The van der Waals surface area contributed by atoms with Crippen molar-refractivity contribution in [3.05, 3.63) is 46.9 Å². The molecule has 0 atom stereocenters. The Morgan fingerprint density at radius 2 is 2.22 bits per heavy atom. The van der Waals surface area contributed by atoms with Gasteiger partial charge >= 0.3 is 0 Å². The third-order valence-electron chi connectivity index (χ3n) is 3.00. The minimum absolute atomic E-state index is 0.390. The molecule has 2 heterocycles. The Bertz CT molecular complexity index is 719. The molecule has 0 amide bonds. The highest BCUT2D eigenvalue weighted by molar-refractivity contribution is 7.80. The molecule has 0 aliphatic carbocycles. The third kappa shape index (κ3) is 4.14. The molecule has 0 spiro atoms. The van der Waals surface area contributed by atoms with E-state index in [9.17, 15) is 0 Å². The first-order chi connectivity index (χ1) is 11.2. The van der Waals surface area contributed by atoms with Crippen LogP contribution in [0.15, 0.2) is 40.0 Å². The summed E-state index contributed by atoms with van der Waals surface area (Å²) in [7, 11) is 0. The van der Waals surface area contributed by atoms with Gasteiger partial charge in [0, 0.05) is 0 Å². The highest BCUT2D eigenvalue weighted by Gasteiger charge is 2.16. The molecule has 2 N–H and O–H groups in total. The number of furan rings is 1. The number of hydrogen-bond donors (Lipinski definition) is 2. The van der Waals surface area contributed by atoms with E-state index in [2.05, 4.69) is 15.8 Å². The quantitative estimate of drug-likeness (QED) is 0.501. The van der Waals surface area contributed by atoms with Gasteiger partial charge in [-0.15, -0.1) is 0 Å². The largest absolute Gasteiger partial charge is 0.486 e. The van der Waals surface area contributed by atoms with Gasteiger partial charge in [0.25, 0.3) is 0 Å². The summed E-state index contributed by atoms with van der Waals surface area (Å²) in [6.07, 6.45) is 3.21. The predicted molar refractivity (Wildman–Crippen MR) is 91.3 cm³/mol. The Labute approximate surface area is 143 Å².